The first-order valence-corrected chi connectivity index (χ1v) is 13.6. The predicted octanol–water partition coefficient (Wildman–Crippen LogP) is 5.63. The summed E-state index contributed by atoms with van der Waals surface area (Å²) in [5.74, 6) is 2.43. The number of carbonyl (C=O) groups is 2. The lowest BCUT2D eigenvalue weighted by atomic mass is 9.63. The number of esters is 2. The topological polar surface area (TPSA) is 52.6 Å². The third-order valence-corrected chi connectivity index (χ3v) is 8.86. The van der Waals surface area contributed by atoms with E-state index in [1.807, 2.05) is 60.7 Å². The molecule has 2 fully saturated rings. The molecule has 5 rings (SSSR count). The Labute approximate surface area is 203 Å². The number of allylic oxidation sites excluding steroid dienone is 2. The van der Waals surface area contributed by atoms with E-state index in [-0.39, 0.29) is 24.1 Å². The Morgan fingerprint density at radius 1 is 0.697 bits per heavy atom. The van der Waals surface area contributed by atoms with Crippen LogP contribution >= 0.6 is 23.5 Å². The average molecular weight is 481 g/mol. The molecule has 6 unspecified atom stereocenters. The summed E-state index contributed by atoms with van der Waals surface area (Å²) in [5.41, 5.74) is 0. The Balaban J connectivity index is 1.12. The van der Waals surface area contributed by atoms with E-state index in [0.717, 1.165) is 16.2 Å². The molecule has 172 valence electrons. The molecule has 0 spiro atoms. The average Bonchev–Trinajstić information content (AvgIpc) is 3.42. The normalized spacial score (nSPS) is 28.7. The van der Waals surface area contributed by atoms with Crippen LogP contribution in [-0.2, 0) is 19.1 Å². The van der Waals surface area contributed by atoms with Crippen molar-refractivity contribution < 1.29 is 19.1 Å². The zero-order chi connectivity index (χ0) is 22.6. The lowest BCUT2D eigenvalue weighted by Crippen LogP contribution is -2.60. The Morgan fingerprint density at radius 3 is 1.55 bits per heavy atom. The van der Waals surface area contributed by atoms with Gasteiger partial charge in [-0.3, -0.25) is 9.59 Å². The van der Waals surface area contributed by atoms with E-state index in [2.05, 4.69) is 12.2 Å². The Bertz CT molecular complexity index is 914. The molecule has 3 aliphatic carbocycles. The van der Waals surface area contributed by atoms with Crippen LogP contribution in [0.5, 0.6) is 0 Å². The molecule has 0 heterocycles. The van der Waals surface area contributed by atoms with Gasteiger partial charge in [0.2, 0.25) is 0 Å². The molecule has 2 aromatic carbocycles. The van der Waals surface area contributed by atoms with E-state index in [1.54, 1.807) is 23.5 Å². The maximum absolute atomic E-state index is 12.6. The highest BCUT2D eigenvalue weighted by Crippen LogP contribution is 2.60. The molecule has 0 aliphatic heterocycles. The van der Waals surface area contributed by atoms with E-state index < -0.39 is 0 Å². The van der Waals surface area contributed by atoms with E-state index in [9.17, 15) is 9.59 Å². The second-order valence-electron chi connectivity index (χ2n) is 8.83. The number of fused-ring (bicyclic) bond motifs is 5. The van der Waals surface area contributed by atoms with E-state index in [1.165, 1.54) is 0 Å². The first kappa shape index (κ1) is 22.6. The molecule has 2 aromatic rings. The van der Waals surface area contributed by atoms with Crippen molar-refractivity contribution in [2.75, 3.05) is 11.5 Å². The van der Waals surface area contributed by atoms with Crippen LogP contribution < -0.4 is 0 Å². The minimum Gasteiger partial charge on any atom is -0.458 e. The molecule has 0 amide bonds. The molecule has 6 heteroatoms. The fourth-order valence-corrected chi connectivity index (χ4v) is 7.08. The summed E-state index contributed by atoms with van der Waals surface area (Å²) in [6, 6.07) is 20.1. The third-order valence-electron chi connectivity index (χ3n) is 6.84. The molecule has 4 nitrogen and oxygen atoms in total. The summed E-state index contributed by atoms with van der Waals surface area (Å²) in [6.07, 6.45) is 5.69. The molecule has 33 heavy (non-hydrogen) atoms. The SMILES string of the molecule is O=C(CCSc1ccccc1)OC1C(OC(=O)CCSc2ccccc2)C2C3C=CC(C3)C12. The fourth-order valence-electron chi connectivity index (χ4n) is 5.37. The fraction of sp³-hybridized carbons (Fsp3) is 0.407. The van der Waals surface area contributed by atoms with Crippen molar-refractivity contribution in [1.82, 2.24) is 0 Å². The van der Waals surface area contributed by atoms with Crippen molar-refractivity contribution >= 4 is 35.5 Å². The van der Waals surface area contributed by atoms with E-state index in [4.69, 9.17) is 9.47 Å². The number of hydrogen-bond donors (Lipinski definition) is 0. The van der Waals surface area contributed by atoms with Gasteiger partial charge >= 0.3 is 11.9 Å². The van der Waals surface area contributed by atoms with Gasteiger partial charge in [-0.2, -0.15) is 0 Å². The Morgan fingerprint density at radius 2 is 1.12 bits per heavy atom. The van der Waals surface area contributed by atoms with Crippen molar-refractivity contribution in [3.63, 3.8) is 0 Å². The van der Waals surface area contributed by atoms with Crippen molar-refractivity contribution in [1.29, 1.82) is 0 Å². The van der Waals surface area contributed by atoms with Crippen LogP contribution in [-0.4, -0.2) is 35.7 Å². The van der Waals surface area contributed by atoms with Gasteiger partial charge in [0.05, 0.1) is 12.8 Å². The van der Waals surface area contributed by atoms with Crippen molar-refractivity contribution in [3.8, 4) is 0 Å². The van der Waals surface area contributed by atoms with Crippen molar-refractivity contribution in [3.05, 3.63) is 72.8 Å². The number of rotatable bonds is 10. The lowest BCUT2D eigenvalue weighted by Gasteiger charge is -2.50. The molecular weight excluding hydrogens is 452 g/mol. The molecule has 0 aromatic heterocycles. The van der Waals surface area contributed by atoms with Gasteiger partial charge in [0.15, 0.2) is 0 Å². The molecule has 2 bridgehead atoms. The maximum Gasteiger partial charge on any atom is 0.307 e. The molecule has 0 N–H and O–H groups in total. The predicted molar refractivity (Wildman–Crippen MR) is 131 cm³/mol. The van der Waals surface area contributed by atoms with Crippen LogP contribution in [0.1, 0.15) is 19.3 Å². The number of ether oxygens (including phenoxy) is 2. The molecule has 0 radical (unpaired) electrons. The third kappa shape index (κ3) is 5.17. The van der Waals surface area contributed by atoms with Crippen molar-refractivity contribution in [2.24, 2.45) is 23.7 Å². The van der Waals surface area contributed by atoms with Crippen molar-refractivity contribution in [2.45, 2.75) is 41.3 Å². The quantitative estimate of drug-likeness (QED) is 0.250. The number of hydrogen-bond acceptors (Lipinski definition) is 6. The molecule has 3 aliphatic rings. The molecule has 0 saturated heterocycles. The smallest absolute Gasteiger partial charge is 0.307 e. The van der Waals surface area contributed by atoms with Gasteiger partial charge in [-0.15, -0.1) is 23.5 Å². The monoisotopic (exact) mass is 480 g/mol. The Kier molecular flexibility index (Phi) is 7.12. The summed E-state index contributed by atoms with van der Waals surface area (Å²) >= 11 is 3.30. The van der Waals surface area contributed by atoms with Crippen LogP contribution in [0, 0.1) is 23.7 Å². The summed E-state index contributed by atoms with van der Waals surface area (Å²) in [4.78, 5) is 27.5. The van der Waals surface area contributed by atoms with Crippen LogP contribution in [0.3, 0.4) is 0 Å². The highest BCUT2D eigenvalue weighted by Gasteiger charge is 2.65. The molecular formula is C27H28O4S2. The maximum atomic E-state index is 12.6. The van der Waals surface area contributed by atoms with Crippen LogP contribution in [0.2, 0.25) is 0 Å². The van der Waals surface area contributed by atoms with Crippen LogP contribution in [0.15, 0.2) is 82.6 Å². The van der Waals surface area contributed by atoms with Crippen LogP contribution in [0.25, 0.3) is 0 Å². The largest absolute Gasteiger partial charge is 0.458 e. The lowest BCUT2D eigenvalue weighted by molar-refractivity contribution is -0.213. The Hall–Kier alpha value is -2.18. The van der Waals surface area contributed by atoms with Gasteiger partial charge in [-0.05, 0) is 42.5 Å². The van der Waals surface area contributed by atoms with Gasteiger partial charge in [-0.25, -0.2) is 0 Å². The molecule has 2 saturated carbocycles. The van der Waals surface area contributed by atoms with E-state index in [0.29, 0.717) is 48.0 Å². The zero-order valence-electron chi connectivity index (χ0n) is 18.4. The van der Waals surface area contributed by atoms with Crippen LogP contribution in [0.4, 0.5) is 0 Å². The minimum atomic E-state index is -0.310. The number of carbonyl (C=O) groups excluding carboxylic acids is 2. The highest BCUT2D eigenvalue weighted by atomic mass is 32.2. The summed E-state index contributed by atoms with van der Waals surface area (Å²) < 4.78 is 11.8. The second-order valence-corrected chi connectivity index (χ2v) is 11.2. The van der Waals surface area contributed by atoms with E-state index >= 15 is 0 Å². The highest BCUT2D eigenvalue weighted by molar-refractivity contribution is 7.99. The minimum absolute atomic E-state index is 0.200. The van der Waals surface area contributed by atoms with Gasteiger partial charge < -0.3 is 9.47 Å². The zero-order valence-corrected chi connectivity index (χ0v) is 20.0. The summed E-state index contributed by atoms with van der Waals surface area (Å²) in [6.45, 7) is 0. The number of thioether (sulfide) groups is 2. The molecule has 6 atom stereocenters. The second kappa shape index (κ2) is 10.4. The number of benzene rings is 2. The first-order valence-electron chi connectivity index (χ1n) is 11.6. The van der Waals surface area contributed by atoms with Gasteiger partial charge in [0, 0.05) is 33.1 Å². The summed E-state index contributed by atoms with van der Waals surface area (Å²) in [5, 5.41) is 0. The first-order chi connectivity index (χ1) is 16.2. The van der Waals surface area contributed by atoms with Gasteiger partial charge in [0.1, 0.15) is 12.2 Å². The van der Waals surface area contributed by atoms with Gasteiger partial charge in [-0.1, -0.05) is 48.6 Å². The summed E-state index contributed by atoms with van der Waals surface area (Å²) in [7, 11) is 0. The van der Waals surface area contributed by atoms with Gasteiger partial charge in [0.25, 0.3) is 0 Å². The standard InChI is InChI=1S/C27H28O4S2/c28-22(13-15-32-20-7-3-1-4-8-20)30-26-24-18-11-12-19(17-18)25(24)27(26)31-23(29)14-16-33-21-9-5-2-6-10-21/h1-12,18-19,24-27H,13-17H2.